The van der Waals surface area contributed by atoms with E-state index in [1.54, 1.807) is 42.8 Å². The lowest BCUT2D eigenvalue weighted by atomic mass is 9.90. The van der Waals surface area contributed by atoms with Gasteiger partial charge < -0.3 is 29.0 Å². The maximum atomic E-state index is 12.1. The minimum Gasteiger partial charge on any atom is -0.496 e. The molecule has 6 rings (SSSR count). The second kappa shape index (κ2) is 9.61. The van der Waals surface area contributed by atoms with E-state index < -0.39 is 24.0 Å². The van der Waals surface area contributed by atoms with Crippen molar-refractivity contribution < 1.29 is 33.6 Å². The first-order chi connectivity index (χ1) is 18.4. The zero-order valence-corrected chi connectivity index (χ0v) is 21.8. The van der Waals surface area contributed by atoms with E-state index in [9.17, 15) is 14.7 Å². The number of piperidine rings is 1. The average molecular weight is 537 g/mol. The van der Waals surface area contributed by atoms with Gasteiger partial charge in [-0.2, -0.15) is 0 Å². The number of ether oxygens (including phenoxy) is 4. The minimum absolute atomic E-state index is 0.0950. The van der Waals surface area contributed by atoms with Crippen molar-refractivity contribution in [2.75, 3.05) is 20.2 Å². The quantitative estimate of drug-likeness (QED) is 0.268. The molecule has 2 fully saturated rings. The number of aromatic amines is 1. The van der Waals surface area contributed by atoms with E-state index in [1.165, 1.54) is 9.58 Å². The van der Waals surface area contributed by atoms with Crippen LogP contribution in [0.25, 0.3) is 21.0 Å². The number of likely N-dealkylation sites (tertiary alicyclic amines) is 1. The van der Waals surface area contributed by atoms with Crippen LogP contribution in [0.5, 0.6) is 11.5 Å². The number of fused-ring (bicyclic) bond motifs is 2. The number of aliphatic hydroxyl groups is 1. The fourth-order valence-corrected chi connectivity index (χ4v) is 6.65. The number of aliphatic hydroxyl groups excluding tert-OH is 1. The summed E-state index contributed by atoms with van der Waals surface area (Å²) in [5, 5.41) is 13.1. The first-order valence-corrected chi connectivity index (χ1v) is 13.4. The van der Waals surface area contributed by atoms with E-state index in [2.05, 4.69) is 28.9 Å². The lowest BCUT2D eigenvalue weighted by Gasteiger charge is -2.40. The van der Waals surface area contributed by atoms with Crippen LogP contribution in [-0.2, 0) is 19.1 Å². The Morgan fingerprint density at radius 2 is 1.89 bits per heavy atom. The third-order valence-corrected chi connectivity index (χ3v) is 8.70. The predicted octanol–water partition coefficient (Wildman–Crippen LogP) is 4.15. The van der Waals surface area contributed by atoms with Gasteiger partial charge in [-0.05, 0) is 68.6 Å². The first-order valence-electron chi connectivity index (χ1n) is 12.6. The topological polar surface area (TPSA) is 110 Å². The van der Waals surface area contributed by atoms with Crippen LogP contribution < -0.4 is 9.47 Å². The van der Waals surface area contributed by atoms with E-state index in [4.69, 9.17) is 18.9 Å². The number of hydrogen-bond acceptors (Lipinski definition) is 9. The molecule has 0 amide bonds. The molecule has 2 N–H and O–H groups in total. The molecule has 0 aliphatic carbocycles. The number of rotatable bonds is 7. The summed E-state index contributed by atoms with van der Waals surface area (Å²) in [4.78, 5) is 30.6. The number of β-amino-alcohol motifs (C(OH)–C–C–N with tert-alkyl or cyclic N) is 1. The summed E-state index contributed by atoms with van der Waals surface area (Å²) >= 11 is 1.79. The number of nitrogens with one attached hydrogen (secondary N) is 1. The van der Waals surface area contributed by atoms with Crippen molar-refractivity contribution >= 4 is 44.3 Å². The van der Waals surface area contributed by atoms with Crippen LogP contribution in [0.3, 0.4) is 0 Å². The average Bonchev–Trinajstić information content (AvgIpc) is 3.63. The number of cyclic esters (lactones) is 2. The molecule has 0 saturated carbocycles. The molecule has 3 atom stereocenters. The molecule has 0 bridgehead atoms. The maximum Gasteiger partial charge on any atom is 0.451 e. The van der Waals surface area contributed by atoms with Crippen LogP contribution >= 0.6 is 11.3 Å². The minimum atomic E-state index is -2.27. The van der Waals surface area contributed by atoms with E-state index >= 15 is 0 Å². The molecule has 2 aromatic carbocycles. The number of thiophene rings is 1. The van der Waals surface area contributed by atoms with Crippen molar-refractivity contribution in [2.45, 2.75) is 43.8 Å². The third-order valence-electron chi connectivity index (χ3n) is 7.44. The number of methoxy groups -OCH3 is 1. The number of aromatic nitrogens is 1. The summed E-state index contributed by atoms with van der Waals surface area (Å²) in [7, 11) is 1.69. The monoisotopic (exact) mass is 536 g/mol. The summed E-state index contributed by atoms with van der Waals surface area (Å²) in [5.74, 6) is -3.09. The largest absolute Gasteiger partial charge is 0.496 e. The van der Waals surface area contributed by atoms with Gasteiger partial charge in [-0.1, -0.05) is 12.1 Å². The van der Waals surface area contributed by atoms with Crippen molar-refractivity contribution in [3.05, 3.63) is 59.6 Å². The summed E-state index contributed by atoms with van der Waals surface area (Å²) in [6.45, 7) is 2.91. The Hall–Kier alpha value is -3.60. The van der Waals surface area contributed by atoms with Gasteiger partial charge in [-0.3, -0.25) is 4.90 Å². The molecular formula is C28H28N2O7S. The van der Waals surface area contributed by atoms with Crippen LogP contribution in [-0.4, -0.2) is 65.2 Å². The Balaban J connectivity index is 1.19. The van der Waals surface area contributed by atoms with Crippen LogP contribution in [0, 0.1) is 0 Å². The van der Waals surface area contributed by atoms with E-state index in [0.717, 1.165) is 29.5 Å². The van der Waals surface area contributed by atoms with Gasteiger partial charge in [0.2, 0.25) is 0 Å². The van der Waals surface area contributed by atoms with Gasteiger partial charge in [-0.15, -0.1) is 11.3 Å². The lowest BCUT2D eigenvalue weighted by Crippen LogP contribution is -2.56. The van der Waals surface area contributed by atoms with E-state index in [-0.39, 0.29) is 12.6 Å². The fraction of sp³-hybridized carbons (Fsp3) is 0.357. The SMILES string of the molecule is COc1cccc2sc([C@H]3CCN(C[C@H](O)C4(Oc5cccc6[nH]ccc56)OC(=O)C(=O)O4)[C@@H](C)C3)cc12. The molecule has 2 aromatic heterocycles. The molecule has 0 unspecified atom stereocenters. The Morgan fingerprint density at radius 3 is 2.66 bits per heavy atom. The van der Waals surface area contributed by atoms with Gasteiger partial charge in [0.1, 0.15) is 11.5 Å². The van der Waals surface area contributed by atoms with Gasteiger partial charge in [0.05, 0.1) is 7.11 Å². The van der Waals surface area contributed by atoms with E-state index in [1.807, 2.05) is 18.2 Å². The Bertz CT molecular complexity index is 1500. The second-order valence-electron chi connectivity index (χ2n) is 9.78. The number of hydrogen-bond donors (Lipinski definition) is 2. The first kappa shape index (κ1) is 24.7. The molecule has 0 spiro atoms. The number of H-pyrrole nitrogens is 1. The number of carbonyl (C=O) groups excluding carboxylic acids is 2. The maximum absolute atomic E-state index is 12.1. The third kappa shape index (κ3) is 4.28. The van der Waals surface area contributed by atoms with Gasteiger partial charge in [0.25, 0.3) is 0 Å². The van der Waals surface area contributed by atoms with Gasteiger partial charge >= 0.3 is 17.9 Å². The molecule has 4 heterocycles. The Kier molecular flexibility index (Phi) is 6.25. The van der Waals surface area contributed by atoms with Crippen LogP contribution in [0.15, 0.2) is 54.7 Å². The molecule has 4 aromatic rings. The zero-order valence-electron chi connectivity index (χ0n) is 21.0. The summed E-state index contributed by atoms with van der Waals surface area (Å²) in [5.41, 5.74) is 0.789. The smallest absolute Gasteiger partial charge is 0.451 e. The molecule has 2 aliphatic heterocycles. The highest BCUT2D eigenvalue weighted by Crippen LogP contribution is 2.41. The Morgan fingerprint density at radius 1 is 1.13 bits per heavy atom. The van der Waals surface area contributed by atoms with Crippen molar-refractivity contribution in [3.63, 3.8) is 0 Å². The van der Waals surface area contributed by atoms with Crippen LogP contribution in [0.2, 0.25) is 0 Å². The highest BCUT2D eigenvalue weighted by molar-refractivity contribution is 7.19. The van der Waals surface area contributed by atoms with Crippen molar-refractivity contribution in [3.8, 4) is 11.5 Å². The summed E-state index contributed by atoms with van der Waals surface area (Å²) in [6.07, 6.45) is 2.09. The summed E-state index contributed by atoms with van der Waals surface area (Å²) in [6, 6.07) is 15.5. The predicted molar refractivity (Wildman–Crippen MR) is 141 cm³/mol. The fourth-order valence-electron chi connectivity index (χ4n) is 5.42. The van der Waals surface area contributed by atoms with Gasteiger partial charge in [0, 0.05) is 44.6 Å². The van der Waals surface area contributed by atoms with Crippen molar-refractivity contribution in [1.29, 1.82) is 0 Å². The normalized spacial score (nSPS) is 22.4. The zero-order chi connectivity index (χ0) is 26.4. The second-order valence-corrected chi connectivity index (χ2v) is 10.9. The molecule has 0 radical (unpaired) electrons. The lowest BCUT2D eigenvalue weighted by molar-refractivity contribution is -0.319. The number of esters is 2. The van der Waals surface area contributed by atoms with Crippen LogP contribution in [0.1, 0.15) is 30.6 Å². The standard InChI is InChI=1S/C28H28N2O7S/c1-16-13-17(24-14-19-21(34-2)6-4-8-23(19)38-24)10-12-30(16)15-25(31)28(36-26(32)27(33)37-28)35-22-7-3-5-20-18(22)9-11-29-20/h3-9,11,14,16-17,25,29,31H,10,12-13,15H2,1-2H3/t16-,17-,25-/m0/s1. The molecular weight excluding hydrogens is 508 g/mol. The molecule has 10 heteroatoms. The molecule has 38 heavy (non-hydrogen) atoms. The van der Waals surface area contributed by atoms with Gasteiger partial charge in [-0.25, -0.2) is 9.59 Å². The highest BCUT2D eigenvalue weighted by Gasteiger charge is 2.58. The number of benzene rings is 2. The molecule has 9 nitrogen and oxygen atoms in total. The van der Waals surface area contributed by atoms with Gasteiger partial charge in [0.15, 0.2) is 6.10 Å². The number of carbonyl (C=O) groups is 2. The van der Waals surface area contributed by atoms with Crippen LogP contribution in [0.4, 0.5) is 0 Å². The Labute approximate surface area is 222 Å². The highest BCUT2D eigenvalue weighted by atomic mass is 32.1. The van der Waals surface area contributed by atoms with E-state index in [0.29, 0.717) is 23.6 Å². The summed E-state index contributed by atoms with van der Waals surface area (Å²) < 4.78 is 23.2. The molecule has 2 aliphatic rings. The number of nitrogens with zero attached hydrogens (tertiary/aromatic N) is 1. The van der Waals surface area contributed by atoms with Crippen molar-refractivity contribution in [1.82, 2.24) is 9.88 Å². The molecule has 198 valence electrons. The van der Waals surface area contributed by atoms with Crippen molar-refractivity contribution in [2.24, 2.45) is 0 Å². The molecule has 2 saturated heterocycles.